The zero-order chi connectivity index (χ0) is 22.5. The number of rotatable bonds is 9. The topological polar surface area (TPSA) is 75.7 Å². The molecule has 0 aliphatic carbocycles. The number of benzene rings is 2. The second-order valence-corrected chi connectivity index (χ2v) is 9.71. The molecule has 164 valence electrons. The van der Waals surface area contributed by atoms with Gasteiger partial charge in [-0.2, -0.15) is 0 Å². The van der Waals surface area contributed by atoms with Crippen LogP contribution >= 0.6 is 34.8 Å². The van der Waals surface area contributed by atoms with Gasteiger partial charge in [0.05, 0.1) is 28.5 Å². The number of hydrogen-bond donors (Lipinski definition) is 1. The molecule has 30 heavy (non-hydrogen) atoms. The van der Waals surface area contributed by atoms with Crippen molar-refractivity contribution in [1.82, 2.24) is 5.32 Å². The largest absolute Gasteiger partial charge is 0.492 e. The Morgan fingerprint density at radius 2 is 1.80 bits per heavy atom. The number of anilines is 1. The molecule has 0 fully saturated rings. The first-order chi connectivity index (χ1) is 14.0. The van der Waals surface area contributed by atoms with E-state index in [0.29, 0.717) is 15.8 Å². The average Bonchev–Trinajstić information content (AvgIpc) is 2.67. The Balaban J connectivity index is 2.07. The van der Waals surface area contributed by atoms with Crippen molar-refractivity contribution in [3.05, 3.63) is 57.0 Å². The van der Waals surface area contributed by atoms with Crippen molar-refractivity contribution in [3.8, 4) is 5.75 Å². The summed E-state index contributed by atoms with van der Waals surface area (Å²) < 4.78 is 31.5. The maximum absolute atomic E-state index is 12.7. The summed E-state index contributed by atoms with van der Waals surface area (Å²) in [5, 5.41) is 3.80. The van der Waals surface area contributed by atoms with Gasteiger partial charge in [-0.25, -0.2) is 8.42 Å². The van der Waals surface area contributed by atoms with Gasteiger partial charge in [-0.05, 0) is 49.2 Å². The van der Waals surface area contributed by atoms with Gasteiger partial charge in [0.1, 0.15) is 18.4 Å². The minimum atomic E-state index is -3.76. The van der Waals surface area contributed by atoms with E-state index in [1.165, 1.54) is 18.2 Å². The maximum atomic E-state index is 12.7. The first-order valence-corrected chi connectivity index (χ1v) is 12.1. The summed E-state index contributed by atoms with van der Waals surface area (Å²) in [7, 11) is -3.76. The van der Waals surface area contributed by atoms with Gasteiger partial charge in [-0.1, -0.05) is 47.8 Å². The van der Waals surface area contributed by atoms with Crippen LogP contribution in [0.1, 0.15) is 18.9 Å². The zero-order valence-corrected chi connectivity index (χ0v) is 19.9. The van der Waals surface area contributed by atoms with Crippen molar-refractivity contribution in [3.63, 3.8) is 0 Å². The highest BCUT2D eigenvalue weighted by molar-refractivity contribution is 7.92. The summed E-state index contributed by atoms with van der Waals surface area (Å²) in [5.74, 6) is 0.139. The SMILES string of the molecule is CC[C@H](C(=O)NCCOc1ccc(C)c(Cl)c1)N(c1ccc(Cl)c(Cl)c1)S(C)(=O)=O. The molecule has 6 nitrogen and oxygen atoms in total. The number of ether oxygens (including phenoxy) is 1. The Labute approximate surface area is 192 Å². The van der Waals surface area contributed by atoms with Crippen molar-refractivity contribution < 1.29 is 17.9 Å². The Hall–Kier alpha value is -1.67. The van der Waals surface area contributed by atoms with Gasteiger partial charge in [0.15, 0.2) is 0 Å². The molecule has 0 saturated heterocycles. The van der Waals surface area contributed by atoms with E-state index in [1.807, 2.05) is 13.0 Å². The van der Waals surface area contributed by atoms with Crippen LogP contribution in [0.3, 0.4) is 0 Å². The van der Waals surface area contributed by atoms with Crippen LogP contribution in [-0.4, -0.2) is 39.8 Å². The van der Waals surface area contributed by atoms with Crippen molar-refractivity contribution >= 4 is 56.4 Å². The Morgan fingerprint density at radius 3 is 2.37 bits per heavy atom. The minimum absolute atomic E-state index is 0.194. The van der Waals surface area contributed by atoms with Crippen molar-refractivity contribution in [1.29, 1.82) is 0 Å². The first-order valence-electron chi connectivity index (χ1n) is 9.15. The Kier molecular flexibility index (Phi) is 8.67. The van der Waals surface area contributed by atoms with E-state index in [0.717, 1.165) is 16.1 Å². The highest BCUT2D eigenvalue weighted by Gasteiger charge is 2.31. The fourth-order valence-electron chi connectivity index (χ4n) is 2.81. The zero-order valence-electron chi connectivity index (χ0n) is 16.8. The van der Waals surface area contributed by atoms with E-state index < -0.39 is 22.0 Å². The van der Waals surface area contributed by atoms with Gasteiger partial charge in [0.2, 0.25) is 15.9 Å². The molecule has 2 aromatic rings. The molecule has 0 aliphatic heterocycles. The van der Waals surface area contributed by atoms with Crippen molar-refractivity contribution in [2.75, 3.05) is 23.7 Å². The molecule has 0 aromatic heterocycles. The third kappa shape index (κ3) is 6.41. The normalized spacial score (nSPS) is 12.3. The van der Waals surface area contributed by atoms with Gasteiger partial charge in [-0.15, -0.1) is 0 Å². The van der Waals surface area contributed by atoms with Crippen LogP contribution in [0.15, 0.2) is 36.4 Å². The molecule has 1 amide bonds. The molecule has 0 heterocycles. The molecule has 0 bridgehead atoms. The van der Waals surface area contributed by atoms with Gasteiger partial charge >= 0.3 is 0 Å². The van der Waals surface area contributed by atoms with Crippen LogP contribution in [0.25, 0.3) is 0 Å². The summed E-state index contributed by atoms with van der Waals surface area (Å²) in [6.07, 6.45) is 1.29. The molecule has 0 unspecified atom stereocenters. The van der Waals surface area contributed by atoms with Gasteiger partial charge in [-0.3, -0.25) is 9.10 Å². The lowest BCUT2D eigenvalue weighted by atomic mass is 10.2. The van der Waals surface area contributed by atoms with Gasteiger partial charge < -0.3 is 10.1 Å². The summed E-state index contributed by atoms with van der Waals surface area (Å²) in [4.78, 5) is 12.7. The highest BCUT2D eigenvalue weighted by atomic mass is 35.5. The average molecular weight is 494 g/mol. The number of halogens is 3. The van der Waals surface area contributed by atoms with E-state index in [2.05, 4.69) is 5.32 Å². The number of nitrogens with one attached hydrogen (secondary N) is 1. The second-order valence-electron chi connectivity index (χ2n) is 6.63. The number of amides is 1. The summed E-state index contributed by atoms with van der Waals surface area (Å²) >= 11 is 18.0. The van der Waals surface area contributed by atoms with Crippen LogP contribution in [0.5, 0.6) is 5.75 Å². The lowest BCUT2D eigenvalue weighted by Crippen LogP contribution is -2.50. The van der Waals surface area contributed by atoms with Gasteiger partial charge in [0, 0.05) is 5.02 Å². The number of carbonyl (C=O) groups is 1. The van der Waals surface area contributed by atoms with E-state index >= 15 is 0 Å². The monoisotopic (exact) mass is 492 g/mol. The predicted octanol–water partition coefficient (Wildman–Crippen LogP) is 4.70. The lowest BCUT2D eigenvalue weighted by molar-refractivity contribution is -0.122. The predicted molar refractivity (Wildman–Crippen MR) is 123 cm³/mol. The number of aryl methyl sites for hydroxylation is 1. The van der Waals surface area contributed by atoms with Crippen LogP contribution in [0.2, 0.25) is 15.1 Å². The molecule has 2 aromatic carbocycles. The standard InChI is InChI=1S/C20H23Cl3N2O4S/c1-4-19(25(30(3,27)28)14-6-8-16(21)18(23)11-14)20(26)24-9-10-29-15-7-5-13(2)17(22)12-15/h5-8,11-12,19H,4,9-10H2,1-3H3,(H,24,26)/t19-/m1/s1. The number of sulfonamides is 1. The molecule has 0 aliphatic rings. The molecule has 1 N–H and O–H groups in total. The third-order valence-corrected chi connectivity index (χ3v) is 6.63. The quantitative estimate of drug-likeness (QED) is 0.514. The van der Waals surface area contributed by atoms with Crippen LogP contribution < -0.4 is 14.4 Å². The number of hydrogen-bond acceptors (Lipinski definition) is 4. The lowest BCUT2D eigenvalue weighted by Gasteiger charge is -2.30. The number of nitrogens with zero attached hydrogens (tertiary/aromatic N) is 1. The summed E-state index contributed by atoms with van der Waals surface area (Å²) in [6.45, 7) is 4.01. The first kappa shape index (κ1) is 24.6. The van der Waals surface area contributed by atoms with Crippen LogP contribution in [0.4, 0.5) is 5.69 Å². The molecule has 10 heteroatoms. The van der Waals surface area contributed by atoms with E-state index in [-0.39, 0.29) is 30.3 Å². The van der Waals surface area contributed by atoms with Crippen molar-refractivity contribution in [2.24, 2.45) is 0 Å². The van der Waals surface area contributed by atoms with E-state index in [4.69, 9.17) is 39.5 Å². The molecule has 0 spiro atoms. The maximum Gasteiger partial charge on any atom is 0.244 e. The summed E-state index contributed by atoms with van der Waals surface area (Å²) in [6, 6.07) is 8.79. The van der Waals surface area contributed by atoms with E-state index in [1.54, 1.807) is 19.1 Å². The molecule has 0 radical (unpaired) electrons. The Morgan fingerprint density at radius 1 is 1.10 bits per heavy atom. The Bertz CT molecular complexity index is 1020. The molecular weight excluding hydrogens is 471 g/mol. The van der Waals surface area contributed by atoms with Crippen LogP contribution in [0, 0.1) is 6.92 Å². The smallest absolute Gasteiger partial charge is 0.244 e. The minimum Gasteiger partial charge on any atom is -0.492 e. The molecule has 0 saturated carbocycles. The summed E-state index contributed by atoms with van der Waals surface area (Å²) in [5.41, 5.74) is 1.20. The highest BCUT2D eigenvalue weighted by Crippen LogP contribution is 2.30. The number of carbonyl (C=O) groups excluding carboxylic acids is 1. The fourth-order valence-corrected chi connectivity index (χ4v) is 4.47. The fraction of sp³-hybridized carbons (Fsp3) is 0.350. The van der Waals surface area contributed by atoms with Crippen molar-refractivity contribution in [2.45, 2.75) is 26.3 Å². The molecular formula is C20H23Cl3N2O4S. The second kappa shape index (κ2) is 10.6. The third-order valence-electron chi connectivity index (χ3n) is 4.30. The van der Waals surface area contributed by atoms with Crippen LogP contribution in [-0.2, 0) is 14.8 Å². The van der Waals surface area contributed by atoms with Gasteiger partial charge in [0.25, 0.3) is 0 Å². The molecule has 2 rings (SSSR count). The van der Waals surface area contributed by atoms with E-state index in [9.17, 15) is 13.2 Å². The molecule has 1 atom stereocenters.